The molecule has 0 saturated carbocycles. The summed E-state index contributed by atoms with van der Waals surface area (Å²) in [6, 6.07) is 0. The van der Waals surface area contributed by atoms with E-state index in [1.165, 1.54) is 0 Å². The van der Waals surface area contributed by atoms with Gasteiger partial charge in [-0.25, -0.2) is 23.5 Å². The van der Waals surface area contributed by atoms with Gasteiger partial charge in [0.1, 0.15) is 17.5 Å². The van der Waals surface area contributed by atoms with Gasteiger partial charge in [0.05, 0.1) is 5.75 Å². The molecule has 0 aliphatic carbocycles. The minimum atomic E-state index is -3.39. The van der Waals surface area contributed by atoms with Crippen molar-refractivity contribution in [3.05, 3.63) is 11.4 Å². The van der Waals surface area contributed by atoms with Gasteiger partial charge in [0.15, 0.2) is 0 Å². The highest BCUT2D eigenvalue weighted by Gasteiger charge is 2.08. The summed E-state index contributed by atoms with van der Waals surface area (Å²) in [5.41, 5.74) is 0.902. The van der Waals surface area contributed by atoms with Crippen LogP contribution in [0.25, 0.3) is 0 Å². The molecule has 102 valence electrons. The third-order valence-corrected chi connectivity index (χ3v) is 3.25. The van der Waals surface area contributed by atoms with Crippen LogP contribution in [-0.2, 0) is 10.0 Å². The minimum absolute atomic E-state index is 0.0397. The molecule has 1 rings (SSSR count). The molecular weight excluding hydrogens is 254 g/mol. The van der Waals surface area contributed by atoms with Crippen molar-refractivity contribution in [2.45, 2.75) is 20.3 Å². The Labute approximate surface area is 107 Å². The highest BCUT2D eigenvalue weighted by Crippen LogP contribution is 2.18. The van der Waals surface area contributed by atoms with E-state index in [1.54, 1.807) is 14.0 Å². The van der Waals surface area contributed by atoms with Gasteiger partial charge < -0.3 is 10.6 Å². The Hall–Kier alpha value is -1.41. The molecule has 7 nitrogen and oxygen atoms in total. The van der Waals surface area contributed by atoms with Crippen molar-refractivity contribution >= 4 is 21.7 Å². The number of hydrogen-bond donors (Lipinski definition) is 3. The Morgan fingerprint density at radius 3 is 2.39 bits per heavy atom. The molecule has 0 unspecified atom stereocenters. The molecule has 1 aromatic heterocycles. The topological polar surface area (TPSA) is 110 Å². The molecule has 0 radical (unpaired) electrons. The third-order valence-electron chi connectivity index (χ3n) is 2.39. The first-order chi connectivity index (χ1) is 8.33. The lowest BCUT2D eigenvalue weighted by atomic mass is 10.3. The average molecular weight is 273 g/mol. The molecule has 0 aromatic carbocycles. The van der Waals surface area contributed by atoms with Gasteiger partial charge in [-0.1, -0.05) is 0 Å². The molecular formula is C10H19N5O2S. The van der Waals surface area contributed by atoms with Gasteiger partial charge in [-0.3, -0.25) is 0 Å². The molecule has 0 saturated heterocycles. The van der Waals surface area contributed by atoms with Crippen LogP contribution in [0.5, 0.6) is 0 Å². The lowest BCUT2D eigenvalue weighted by Gasteiger charge is -2.12. The van der Waals surface area contributed by atoms with Crippen LogP contribution in [0.3, 0.4) is 0 Å². The molecule has 0 fully saturated rings. The SMILES string of the molecule is CNc1nc(C)nc(NCCCS(N)(=O)=O)c1C. The number of aryl methyl sites for hydroxylation is 1. The third kappa shape index (κ3) is 4.46. The largest absolute Gasteiger partial charge is 0.373 e. The quantitative estimate of drug-likeness (QED) is 0.640. The highest BCUT2D eigenvalue weighted by atomic mass is 32.2. The second kappa shape index (κ2) is 5.96. The van der Waals surface area contributed by atoms with Gasteiger partial charge in [-0.05, 0) is 20.3 Å². The lowest BCUT2D eigenvalue weighted by molar-refractivity contribution is 0.595. The first-order valence-electron chi connectivity index (χ1n) is 5.61. The first kappa shape index (κ1) is 14.7. The summed E-state index contributed by atoms with van der Waals surface area (Å²) in [5, 5.41) is 11.0. The lowest BCUT2D eigenvalue weighted by Crippen LogP contribution is -2.19. The number of aromatic nitrogens is 2. The molecule has 1 heterocycles. The standard InChI is InChI=1S/C10H19N5O2S/c1-7-9(12-3)14-8(2)15-10(7)13-5-4-6-18(11,16)17/h4-6H2,1-3H3,(H2,11,16,17)(H2,12,13,14,15). The molecule has 8 heteroatoms. The van der Waals surface area contributed by atoms with Crippen molar-refractivity contribution in [3.8, 4) is 0 Å². The number of hydrogen-bond acceptors (Lipinski definition) is 6. The van der Waals surface area contributed by atoms with E-state index in [4.69, 9.17) is 5.14 Å². The number of nitrogens with zero attached hydrogens (tertiary/aromatic N) is 2. The summed E-state index contributed by atoms with van der Waals surface area (Å²) in [5.74, 6) is 2.08. The summed E-state index contributed by atoms with van der Waals surface area (Å²) < 4.78 is 21.6. The fourth-order valence-corrected chi connectivity index (χ4v) is 2.07. The van der Waals surface area contributed by atoms with Gasteiger partial charge in [0.25, 0.3) is 0 Å². The normalized spacial score (nSPS) is 11.3. The van der Waals surface area contributed by atoms with Gasteiger partial charge in [-0.15, -0.1) is 0 Å². The predicted octanol–water partition coefficient (Wildman–Crippen LogP) is 0.226. The van der Waals surface area contributed by atoms with Gasteiger partial charge >= 0.3 is 0 Å². The van der Waals surface area contributed by atoms with Crippen LogP contribution in [0.4, 0.5) is 11.6 Å². The molecule has 0 bridgehead atoms. The fourth-order valence-electron chi connectivity index (χ4n) is 1.52. The van der Waals surface area contributed by atoms with Crippen LogP contribution >= 0.6 is 0 Å². The molecule has 1 aromatic rings. The molecule has 4 N–H and O–H groups in total. The Bertz CT molecular complexity index is 515. The van der Waals surface area contributed by atoms with Crippen LogP contribution in [0.1, 0.15) is 17.8 Å². The molecule has 0 spiro atoms. The monoisotopic (exact) mass is 273 g/mol. The smallest absolute Gasteiger partial charge is 0.209 e. The second-order valence-electron chi connectivity index (χ2n) is 3.99. The van der Waals surface area contributed by atoms with E-state index in [0.717, 1.165) is 11.4 Å². The number of nitrogens with one attached hydrogen (secondary N) is 2. The molecule has 18 heavy (non-hydrogen) atoms. The zero-order valence-electron chi connectivity index (χ0n) is 10.8. The molecule has 0 amide bonds. The van der Waals surface area contributed by atoms with E-state index < -0.39 is 10.0 Å². The van der Waals surface area contributed by atoms with Gasteiger partial charge in [0.2, 0.25) is 10.0 Å². The highest BCUT2D eigenvalue weighted by molar-refractivity contribution is 7.89. The first-order valence-corrected chi connectivity index (χ1v) is 7.32. The number of nitrogens with two attached hydrogens (primary N) is 1. The van der Waals surface area contributed by atoms with Crippen LogP contribution in [-0.4, -0.2) is 37.7 Å². The van der Waals surface area contributed by atoms with Crippen LogP contribution in [0.2, 0.25) is 0 Å². The molecule has 0 aliphatic heterocycles. The maximum atomic E-state index is 10.8. The summed E-state index contributed by atoms with van der Waals surface area (Å²) in [6.45, 7) is 4.19. The zero-order valence-corrected chi connectivity index (χ0v) is 11.6. The van der Waals surface area contributed by atoms with E-state index in [-0.39, 0.29) is 5.75 Å². The van der Waals surface area contributed by atoms with Crippen molar-refractivity contribution in [3.63, 3.8) is 0 Å². The molecule has 0 aliphatic rings. The van der Waals surface area contributed by atoms with Crippen molar-refractivity contribution in [1.82, 2.24) is 9.97 Å². The van der Waals surface area contributed by atoms with E-state index in [9.17, 15) is 8.42 Å². The van der Waals surface area contributed by atoms with E-state index in [1.807, 2.05) is 6.92 Å². The van der Waals surface area contributed by atoms with E-state index in [0.29, 0.717) is 24.6 Å². The van der Waals surface area contributed by atoms with Crippen molar-refractivity contribution in [2.75, 3.05) is 30.0 Å². The van der Waals surface area contributed by atoms with Gasteiger partial charge in [0, 0.05) is 19.2 Å². The van der Waals surface area contributed by atoms with E-state index >= 15 is 0 Å². The summed E-state index contributed by atoms with van der Waals surface area (Å²) >= 11 is 0. The average Bonchev–Trinajstić information content (AvgIpc) is 2.27. The fraction of sp³-hybridized carbons (Fsp3) is 0.600. The Kier molecular flexibility index (Phi) is 4.85. The summed E-state index contributed by atoms with van der Waals surface area (Å²) in [6.07, 6.45) is 0.441. The second-order valence-corrected chi connectivity index (χ2v) is 5.72. The van der Waals surface area contributed by atoms with Crippen molar-refractivity contribution < 1.29 is 8.42 Å². The predicted molar refractivity (Wildman–Crippen MR) is 72.1 cm³/mol. The van der Waals surface area contributed by atoms with Gasteiger partial charge in [-0.2, -0.15) is 0 Å². The zero-order chi connectivity index (χ0) is 13.8. The van der Waals surface area contributed by atoms with Crippen LogP contribution in [0, 0.1) is 13.8 Å². The Morgan fingerprint density at radius 2 is 1.83 bits per heavy atom. The molecule has 0 atom stereocenters. The number of primary sulfonamides is 1. The number of rotatable bonds is 6. The van der Waals surface area contributed by atoms with Crippen LogP contribution in [0.15, 0.2) is 0 Å². The Morgan fingerprint density at radius 1 is 1.22 bits per heavy atom. The number of sulfonamides is 1. The van der Waals surface area contributed by atoms with Crippen molar-refractivity contribution in [2.24, 2.45) is 5.14 Å². The summed E-state index contributed by atoms with van der Waals surface area (Å²) in [4.78, 5) is 8.51. The number of anilines is 2. The minimum Gasteiger partial charge on any atom is -0.373 e. The summed E-state index contributed by atoms with van der Waals surface area (Å²) in [7, 11) is -1.60. The maximum Gasteiger partial charge on any atom is 0.209 e. The van der Waals surface area contributed by atoms with Crippen LogP contribution < -0.4 is 15.8 Å². The van der Waals surface area contributed by atoms with Crippen molar-refractivity contribution in [1.29, 1.82) is 0 Å². The Balaban J connectivity index is 2.65. The van der Waals surface area contributed by atoms with E-state index in [2.05, 4.69) is 20.6 Å². The maximum absolute atomic E-state index is 10.8.